The number of carbonyl (C=O) groups is 2. The normalized spacial score (nSPS) is 12.0. The standard InChI is InChI=1S/C22H26ClN3O3/c1-4-12-29-19-10-8-16(9-11-19)14-24-26-22(28)20(15(2)3)25-21(27)17-6-5-7-18(23)13-17/h5-11,13-15,20H,4,12H2,1-3H3,(H,25,27)(H,26,28)/b24-14-. The summed E-state index contributed by atoms with van der Waals surface area (Å²) in [6.07, 6.45) is 2.48. The van der Waals surface area contributed by atoms with Gasteiger partial charge in [-0.3, -0.25) is 9.59 Å². The summed E-state index contributed by atoms with van der Waals surface area (Å²) in [5.41, 5.74) is 3.70. The predicted molar refractivity (Wildman–Crippen MR) is 116 cm³/mol. The summed E-state index contributed by atoms with van der Waals surface area (Å²) in [5, 5.41) is 7.19. The number of hydrogen-bond acceptors (Lipinski definition) is 4. The van der Waals surface area contributed by atoms with E-state index in [1.807, 2.05) is 45.0 Å². The zero-order chi connectivity index (χ0) is 21.2. The lowest BCUT2D eigenvalue weighted by Gasteiger charge is -2.20. The molecule has 1 unspecified atom stereocenters. The van der Waals surface area contributed by atoms with Gasteiger partial charge in [0, 0.05) is 10.6 Å². The van der Waals surface area contributed by atoms with Crippen molar-refractivity contribution in [2.45, 2.75) is 33.2 Å². The van der Waals surface area contributed by atoms with Gasteiger partial charge in [-0.15, -0.1) is 0 Å². The highest BCUT2D eigenvalue weighted by Gasteiger charge is 2.24. The van der Waals surface area contributed by atoms with Crippen LogP contribution >= 0.6 is 11.6 Å². The molecule has 0 aliphatic rings. The van der Waals surface area contributed by atoms with E-state index in [0.29, 0.717) is 17.2 Å². The van der Waals surface area contributed by atoms with Crippen molar-refractivity contribution in [1.29, 1.82) is 0 Å². The Hall–Kier alpha value is -2.86. The molecule has 0 fully saturated rings. The smallest absolute Gasteiger partial charge is 0.262 e. The molecule has 2 aromatic carbocycles. The fourth-order valence-electron chi connectivity index (χ4n) is 2.50. The van der Waals surface area contributed by atoms with Crippen LogP contribution in [0.15, 0.2) is 53.6 Å². The minimum Gasteiger partial charge on any atom is -0.494 e. The van der Waals surface area contributed by atoms with Gasteiger partial charge in [0.05, 0.1) is 12.8 Å². The van der Waals surface area contributed by atoms with E-state index in [2.05, 4.69) is 15.8 Å². The van der Waals surface area contributed by atoms with Crippen molar-refractivity contribution in [3.63, 3.8) is 0 Å². The average Bonchev–Trinajstić information content (AvgIpc) is 2.70. The van der Waals surface area contributed by atoms with E-state index in [0.717, 1.165) is 17.7 Å². The SMILES string of the molecule is CCCOc1ccc(/C=N\NC(=O)C(NC(=O)c2cccc(Cl)c2)C(C)C)cc1. The molecule has 154 valence electrons. The molecular formula is C22H26ClN3O3. The third kappa shape index (κ3) is 7.23. The molecule has 7 heteroatoms. The first kappa shape index (κ1) is 22.4. The van der Waals surface area contributed by atoms with Crippen LogP contribution in [0.5, 0.6) is 5.75 Å². The third-order valence-corrected chi connectivity index (χ3v) is 4.30. The Morgan fingerprint density at radius 3 is 2.52 bits per heavy atom. The predicted octanol–water partition coefficient (Wildman–Crippen LogP) is 4.03. The molecule has 2 N–H and O–H groups in total. The Kier molecular flexibility index (Phi) is 8.68. The van der Waals surface area contributed by atoms with Gasteiger partial charge in [0.2, 0.25) is 0 Å². The molecular weight excluding hydrogens is 390 g/mol. The molecule has 0 saturated heterocycles. The van der Waals surface area contributed by atoms with Crippen LogP contribution in [0.4, 0.5) is 0 Å². The topological polar surface area (TPSA) is 79.8 Å². The Labute approximate surface area is 176 Å². The minimum atomic E-state index is -0.733. The molecule has 0 spiro atoms. The molecule has 0 aliphatic carbocycles. The largest absolute Gasteiger partial charge is 0.494 e. The van der Waals surface area contributed by atoms with Crippen LogP contribution in [-0.2, 0) is 4.79 Å². The Morgan fingerprint density at radius 2 is 1.90 bits per heavy atom. The van der Waals surface area contributed by atoms with Crippen molar-refractivity contribution in [3.05, 3.63) is 64.7 Å². The highest BCUT2D eigenvalue weighted by molar-refractivity contribution is 6.31. The Balaban J connectivity index is 1.95. The third-order valence-electron chi connectivity index (χ3n) is 4.06. The summed E-state index contributed by atoms with van der Waals surface area (Å²) in [6.45, 7) is 6.41. The number of halogens is 1. The Morgan fingerprint density at radius 1 is 1.17 bits per heavy atom. The second-order valence-corrected chi connectivity index (χ2v) is 7.29. The lowest BCUT2D eigenvalue weighted by molar-refractivity contribution is -0.123. The summed E-state index contributed by atoms with van der Waals surface area (Å²) in [4.78, 5) is 24.9. The van der Waals surface area contributed by atoms with Gasteiger partial charge < -0.3 is 10.1 Å². The van der Waals surface area contributed by atoms with E-state index in [9.17, 15) is 9.59 Å². The van der Waals surface area contributed by atoms with Crippen LogP contribution in [-0.4, -0.2) is 30.7 Å². The van der Waals surface area contributed by atoms with Crippen LogP contribution < -0.4 is 15.5 Å². The summed E-state index contributed by atoms with van der Waals surface area (Å²) in [7, 11) is 0. The van der Waals surface area contributed by atoms with Crippen LogP contribution in [0, 0.1) is 5.92 Å². The molecule has 0 radical (unpaired) electrons. The molecule has 0 aliphatic heterocycles. The van der Waals surface area contributed by atoms with Crippen LogP contribution in [0.25, 0.3) is 0 Å². The van der Waals surface area contributed by atoms with E-state index in [4.69, 9.17) is 16.3 Å². The lowest BCUT2D eigenvalue weighted by atomic mass is 10.0. The second kappa shape index (κ2) is 11.2. The van der Waals surface area contributed by atoms with E-state index >= 15 is 0 Å². The number of rotatable bonds is 9. The highest BCUT2D eigenvalue weighted by atomic mass is 35.5. The Bertz CT molecular complexity index is 851. The maximum atomic E-state index is 12.5. The quantitative estimate of drug-likeness (QED) is 0.479. The molecule has 6 nitrogen and oxygen atoms in total. The average molecular weight is 416 g/mol. The van der Waals surface area contributed by atoms with Crippen molar-refractivity contribution >= 4 is 29.6 Å². The van der Waals surface area contributed by atoms with E-state index in [1.54, 1.807) is 24.3 Å². The molecule has 2 amide bonds. The fourth-order valence-corrected chi connectivity index (χ4v) is 2.69. The second-order valence-electron chi connectivity index (χ2n) is 6.86. The molecule has 29 heavy (non-hydrogen) atoms. The summed E-state index contributed by atoms with van der Waals surface area (Å²) >= 11 is 5.93. The van der Waals surface area contributed by atoms with Gasteiger partial charge in [-0.1, -0.05) is 38.4 Å². The number of hydrogen-bond donors (Lipinski definition) is 2. The number of carbonyl (C=O) groups excluding carboxylic acids is 2. The summed E-state index contributed by atoms with van der Waals surface area (Å²) in [6, 6.07) is 13.2. The fraction of sp³-hybridized carbons (Fsp3) is 0.318. The molecule has 2 aromatic rings. The lowest BCUT2D eigenvalue weighted by Crippen LogP contribution is -2.48. The molecule has 1 atom stereocenters. The van der Waals surface area contributed by atoms with Gasteiger partial charge in [0.15, 0.2) is 0 Å². The van der Waals surface area contributed by atoms with E-state index in [-0.39, 0.29) is 11.8 Å². The van der Waals surface area contributed by atoms with Gasteiger partial charge in [0.25, 0.3) is 11.8 Å². The zero-order valence-corrected chi connectivity index (χ0v) is 17.6. The summed E-state index contributed by atoms with van der Waals surface area (Å²) < 4.78 is 5.53. The van der Waals surface area contributed by atoms with Gasteiger partial charge in [0.1, 0.15) is 11.8 Å². The van der Waals surface area contributed by atoms with Crippen LogP contribution in [0.1, 0.15) is 43.1 Å². The van der Waals surface area contributed by atoms with E-state index in [1.165, 1.54) is 6.21 Å². The number of hydrazone groups is 1. The maximum Gasteiger partial charge on any atom is 0.262 e. The molecule has 0 saturated carbocycles. The monoisotopic (exact) mass is 415 g/mol. The van der Waals surface area contributed by atoms with Gasteiger partial charge in [-0.25, -0.2) is 5.43 Å². The van der Waals surface area contributed by atoms with Gasteiger partial charge in [-0.05, 0) is 60.4 Å². The zero-order valence-electron chi connectivity index (χ0n) is 16.8. The van der Waals surface area contributed by atoms with Crippen molar-refractivity contribution in [2.24, 2.45) is 11.0 Å². The van der Waals surface area contributed by atoms with Crippen molar-refractivity contribution in [3.8, 4) is 5.75 Å². The van der Waals surface area contributed by atoms with Crippen molar-refractivity contribution < 1.29 is 14.3 Å². The van der Waals surface area contributed by atoms with Crippen molar-refractivity contribution in [2.75, 3.05) is 6.61 Å². The molecule has 0 bridgehead atoms. The molecule has 2 rings (SSSR count). The minimum absolute atomic E-state index is 0.122. The number of nitrogens with one attached hydrogen (secondary N) is 2. The maximum absolute atomic E-state index is 12.5. The molecule has 0 aromatic heterocycles. The number of nitrogens with zero attached hydrogens (tertiary/aromatic N) is 1. The molecule has 0 heterocycles. The van der Waals surface area contributed by atoms with E-state index < -0.39 is 11.9 Å². The number of ether oxygens (including phenoxy) is 1. The summed E-state index contributed by atoms with van der Waals surface area (Å²) in [5.74, 6) is -0.0949. The highest BCUT2D eigenvalue weighted by Crippen LogP contribution is 2.12. The van der Waals surface area contributed by atoms with Gasteiger partial charge in [-0.2, -0.15) is 5.10 Å². The van der Waals surface area contributed by atoms with Crippen LogP contribution in [0.3, 0.4) is 0 Å². The number of benzene rings is 2. The van der Waals surface area contributed by atoms with Gasteiger partial charge >= 0.3 is 0 Å². The first-order chi connectivity index (χ1) is 13.9. The van der Waals surface area contributed by atoms with Crippen molar-refractivity contribution in [1.82, 2.24) is 10.7 Å². The first-order valence-electron chi connectivity index (χ1n) is 9.53. The first-order valence-corrected chi connectivity index (χ1v) is 9.90. The van der Waals surface area contributed by atoms with Crippen LogP contribution in [0.2, 0.25) is 5.02 Å². The number of amides is 2.